The summed E-state index contributed by atoms with van der Waals surface area (Å²) in [5.41, 5.74) is 0. The minimum absolute atomic E-state index is 0.0975. The smallest absolute Gasteiger partial charge is 0.234 e. The van der Waals surface area contributed by atoms with Gasteiger partial charge >= 0.3 is 0 Å². The summed E-state index contributed by atoms with van der Waals surface area (Å²) in [6.07, 6.45) is 3.94. The van der Waals surface area contributed by atoms with E-state index >= 15 is 0 Å². The van der Waals surface area contributed by atoms with E-state index in [1.165, 1.54) is 0 Å². The summed E-state index contributed by atoms with van der Waals surface area (Å²) in [7, 11) is 0. The molecule has 1 unspecified atom stereocenters. The van der Waals surface area contributed by atoms with Gasteiger partial charge in [-0.25, -0.2) is 0 Å². The van der Waals surface area contributed by atoms with Crippen LogP contribution in [0.5, 0.6) is 0 Å². The van der Waals surface area contributed by atoms with Crippen molar-refractivity contribution in [2.75, 3.05) is 32.7 Å². The van der Waals surface area contributed by atoms with Gasteiger partial charge in [-0.1, -0.05) is 13.0 Å². The Balaban J connectivity index is 2.36. The molecule has 0 aromatic carbocycles. The number of nitrogens with zero attached hydrogens (tertiary/aromatic N) is 1. The van der Waals surface area contributed by atoms with Crippen molar-refractivity contribution in [3.63, 3.8) is 0 Å². The molecule has 0 aromatic rings. The number of carbonyl (C=O) groups is 1. The number of nitrogens with one attached hydrogen (secondary N) is 2. The van der Waals surface area contributed by atoms with E-state index in [9.17, 15) is 4.79 Å². The normalized spacial score (nSPS) is 20.0. The van der Waals surface area contributed by atoms with Gasteiger partial charge in [0.15, 0.2) is 0 Å². The number of rotatable bonds is 7. The lowest BCUT2D eigenvalue weighted by atomic mass is 10.2. The summed E-state index contributed by atoms with van der Waals surface area (Å²) in [5.74, 6) is 0.0975. The fourth-order valence-corrected chi connectivity index (χ4v) is 2.06. The highest BCUT2D eigenvalue weighted by Gasteiger charge is 2.23. The van der Waals surface area contributed by atoms with Crippen LogP contribution in [-0.2, 0) is 4.79 Å². The molecule has 1 heterocycles. The van der Waals surface area contributed by atoms with Crippen LogP contribution >= 0.6 is 0 Å². The predicted molar refractivity (Wildman–Crippen MR) is 66.3 cm³/mol. The molecule has 1 atom stereocenters. The van der Waals surface area contributed by atoms with E-state index in [-0.39, 0.29) is 5.91 Å². The van der Waals surface area contributed by atoms with E-state index in [0.29, 0.717) is 19.1 Å². The molecular weight excluding hydrogens is 202 g/mol. The zero-order chi connectivity index (χ0) is 11.8. The van der Waals surface area contributed by atoms with Crippen molar-refractivity contribution >= 4 is 5.91 Å². The lowest BCUT2D eigenvalue weighted by molar-refractivity contribution is -0.122. The van der Waals surface area contributed by atoms with Gasteiger partial charge in [-0.3, -0.25) is 9.69 Å². The summed E-state index contributed by atoms with van der Waals surface area (Å²) >= 11 is 0. The third-order valence-electron chi connectivity index (χ3n) is 2.85. The Labute approximate surface area is 98.1 Å². The van der Waals surface area contributed by atoms with Crippen molar-refractivity contribution in [3.8, 4) is 0 Å². The molecule has 0 spiro atoms. The Kier molecular flexibility index (Phi) is 6.11. The Morgan fingerprint density at radius 3 is 3.06 bits per heavy atom. The summed E-state index contributed by atoms with van der Waals surface area (Å²) < 4.78 is 0. The van der Waals surface area contributed by atoms with E-state index in [2.05, 4.69) is 29.0 Å². The second-order valence-corrected chi connectivity index (χ2v) is 4.21. The molecule has 1 rings (SSSR count). The number of hydrogen-bond donors (Lipinski definition) is 2. The molecule has 92 valence electrons. The number of amides is 1. The molecule has 1 aliphatic rings. The summed E-state index contributed by atoms with van der Waals surface area (Å²) in [6, 6.07) is 0.523. The second-order valence-electron chi connectivity index (χ2n) is 4.21. The molecule has 1 saturated heterocycles. The number of carbonyl (C=O) groups excluding carboxylic acids is 1. The van der Waals surface area contributed by atoms with Crippen molar-refractivity contribution in [1.29, 1.82) is 0 Å². The van der Waals surface area contributed by atoms with Crippen molar-refractivity contribution in [2.45, 2.75) is 25.8 Å². The van der Waals surface area contributed by atoms with E-state index < -0.39 is 0 Å². The van der Waals surface area contributed by atoms with Gasteiger partial charge < -0.3 is 10.6 Å². The summed E-state index contributed by atoms with van der Waals surface area (Å²) in [6.45, 7) is 9.87. The molecule has 4 nitrogen and oxygen atoms in total. The SMILES string of the molecule is C=CCNC(=O)CN(CCC)C1CCNC1. The molecule has 4 heteroatoms. The lowest BCUT2D eigenvalue weighted by Gasteiger charge is -2.27. The summed E-state index contributed by atoms with van der Waals surface area (Å²) in [5, 5.41) is 6.16. The number of hydrogen-bond acceptors (Lipinski definition) is 3. The minimum Gasteiger partial charge on any atom is -0.352 e. The first kappa shape index (κ1) is 13.2. The third kappa shape index (κ3) is 4.33. The zero-order valence-corrected chi connectivity index (χ0v) is 10.2. The maximum absolute atomic E-state index is 11.6. The van der Waals surface area contributed by atoms with Crippen molar-refractivity contribution in [1.82, 2.24) is 15.5 Å². The molecule has 1 amide bonds. The Bertz CT molecular complexity index is 224. The van der Waals surface area contributed by atoms with Crippen LogP contribution in [-0.4, -0.2) is 49.6 Å². The molecule has 1 aliphatic heterocycles. The first-order valence-corrected chi connectivity index (χ1v) is 6.10. The average molecular weight is 225 g/mol. The highest BCUT2D eigenvalue weighted by molar-refractivity contribution is 5.78. The quantitative estimate of drug-likeness (QED) is 0.615. The molecule has 0 aromatic heterocycles. The summed E-state index contributed by atoms with van der Waals surface area (Å²) in [4.78, 5) is 13.9. The maximum atomic E-state index is 11.6. The Hall–Kier alpha value is -0.870. The van der Waals surface area contributed by atoms with Crippen LogP contribution in [0.25, 0.3) is 0 Å². The van der Waals surface area contributed by atoms with Crippen LogP contribution in [0.3, 0.4) is 0 Å². The first-order chi connectivity index (χ1) is 7.77. The highest BCUT2D eigenvalue weighted by Crippen LogP contribution is 2.08. The van der Waals surface area contributed by atoms with Gasteiger partial charge in [-0.05, 0) is 25.9 Å². The molecule has 1 fully saturated rings. The van der Waals surface area contributed by atoms with Gasteiger partial charge in [0.1, 0.15) is 0 Å². The van der Waals surface area contributed by atoms with Crippen molar-refractivity contribution in [2.24, 2.45) is 0 Å². The van der Waals surface area contributed by atoms with Crippen LogP contribution in [0, 0.1) is 0 Å². The van der Waals surface area contributed by atoms with Crippen molar-refractivity contribution < 1.29 is 4.79 Å². The Morgan fingerprint density at radius 1 is 1.69 bits per heavy atom. The topological polar surface area (TPSA) is 44.4 Å². The van der Waals surface area contributed by atoms with Crippen molar-refractivity contribution in [3.05, 3.63) is 12.7 Å². The highest BCUT2D eigenvalue weighted by atomic mass is 16.2. The van der Waals surface area contributed by atoms with Gasteiger partial charge in [-0.15, -0.1) is 6.58 Å². The zero-order valence-electron chi connectivity index (χ0n) is 10.2. The van der Waals surface area contributed by atoms with Gasteiger partial charge in [0.05, 0.1) is 6.54 Å². The molecule has 16 heavy (non-hydrogen) atoms. The first-order valence-electron chi connectivity index (χ1n) is 6.10. The molecule has 0 aliphatic carbocycles. The largest absolute Gasteiger partial charge is 0.352 e. The lowest BCUT2D eigenvalue weighted by Crippen LogP contribution is -2.44. The van der Waals surface area contributed by atoms with E-state index in [4.69, 9.17) is 0 Å². The van der Waals surface area contributed by atoms with Crippen LogP contribution in [0.15, 0.2) is 12.7 Å². The minimum atomic E-state index is 0.0975. The van der Waals surface area contributed by atoms with Crippen LogP contribution in [0.1, 0.15) is 19.8 Å². The monoisotopic (exact) mass is 225 g/mol. The fraction of sp³-hybridized carbons (Fsp3) is 0.750. The Morgan fingerprint density at radius 2 is 2.50 bits per heavy atom. The van der Waals surface area contributed by atoms with Crippen LogP contribution in [0.2, 0.25) is 0 Å². The van der Waals surface area contributed by atoms with Gasteiger partial charge in [0.2, 0.25) is 5.91 Å². The molecular formula is C12H23N3O. The maximum Gasteiger partial charge on any atom is 0.234 e. The van der Waals surface area contributed by atoms with Gasteiger partial charge in [0.25, 0.3) is 0 Å². The standard InChI is InChI=1S/C12H23N3O/c1-3-6-14-12(16)10-15(8-4-2)11-5-7-13-9-11/h3,11,13H,1,4-10H2,2H3,(H,14,16). The molecule has 0 radical (unpaired) electrons. The fourth-order valence-electron chi connectivity index (χ4n) is 2.06. The van der Waals surface area contributed by atoms with Crippen LogP contribution in [0.4, 0.5) is 0 Å². The van der Waals surface area contributed by atoms with E-state index in [1.54, 1.807) is 6.08 Å². The van der Waals surface area contributed by atoms with Crippen LogP contribution < -0.4 is 10.6 Å². The van der Waals surface area contributed by atoms with E-state index in [1.807, 2.05) is 0 Å². The van der Waals surface area contributed by atoms with Gasteiger partial charge in [0, 0.05) is 19.1 Å². The predicted octanol–water partition coefficient (Wildman–Crippen LogP) is 0.363. The average Bonchev–Trinajstić information content (AvgIpc) is 2.79. The molecule has 0 bridgehead atoms. The van der Waals surface area contributed by atoms with E-state index in [0.717, 1.165) is 32.5 Å². The molecule has 0 saturated carbocycles. The second kappa shape index (κ2) is 7.41. The van der Waals surface area contributed by atoms with Gasteiger partial charge in [-0.2, -0.15) is 0 Å². The molecule has 2 N–H and O–H groups in total. The third-order valence-corrected chi connectivity index (χ3v) is 2.85.